The number of benzene rings is 1. The average Bonchev–Trinajstić information content (AvgIpc) is 3.17. The first-order valence-electron chi connectivity index (χ1n) is 9.52. The topological polar surface area (TPSA) is 46.8 Å². The lowest BCUT2D eigenvalue weighted by atomic mass is 10.2. The molecule has 0 bridgehead atoms. The van der Waals surface area contributed by atoms with Gasteiger partial charge in [0.1, 0.15) is 0 Å². The number of aliphatic imine (C=N–C) groups is 1. The van der Waals surface area contributed by atoms with Gasteiger partial charge in [-0.15, -0.1) is 0 Å². The van der Waals surface area contributed by atoms with Gasteiger partial charge in [0.2, 0.25) is 0 Å². The van der Waals surface area contributed by atoms with Crippen molar-refractivity contribution >= 4 is 34.6 Å². The van der Waals surface area contributed by atoms with Gasteiger partial charge in [0.15, 0.2) is 5.17 Å². The maximum absolute atomic E-state index is 13.0. The van der Waals surface area contributed by atoms with E-state index in [9.17, 15) is 4.79 Å². The smallest absolute Gasteiger partial charge is 0.266 e. The number of aromatic nitrogens is 1. The Labute approximate surface area is 171 Å². The molecule has 0 saturated carbocycles. The van der Waals surface area contributed by atoms with E-state index in [1.807, 2.05) is 36.4 Å². The molecule has 6 heteroatoms. The summed E-state index contributed by atoms with van der Waals surface area (Å²) in [7, 11) is 1.67. The lowest BCUT2D eigenvalue weighted by molar-refractivity contribution is -0.122. The Kier molecular flexibility index (Phi) is 6.75. The quantitative estimate of drug-likeness (QED) is 0.487. The molecule has 0 atom stereocenters. The van der Waals surface area contributed by atoms with Gasteiger partial charge >= 0.3 is 0 Å². The number of nitrogens with zero attached hydrogens (tertiary/aromatic N) is 3. The van der Waals surface area contributed by atoms with E-state index in [1.54, 1.807) is 12.0 Å². The van der Waals surface area contributed by atoms with Crippen molar-refractivity contribution in [2.45, 2.75) is 33.2 Å². The lowest BCUT2D eigenvalue weighted by Gasteiger charge is -2.15. The van der Waals surface area contributed by atoms with Crippen LogP contribution in [0.15, 0.2) is 52.5 Å². The number of rotatable bonds is 7. The van der Waals surface area contributed by atoms with Crippen molar-refractivity contribution in [1.82, 2.24) is 9.47 Å². The Balaban J connectivity index is 1.89. The summed E-state index contributed by atoms with van der Waals surface area (Å²) in [5.74, 6) is 0.00531. The zero-order valence-corrected chi connectivity index (χ0v) is 17.7. The number of amides is 1. The summed E-state index contributed by atoms with van der Waals surface area (Å²) in [6, 6.07) is 12.2. The van der Waals surface area contributed by atoms with Gasteiger partial charge in [0.25, 0.3) is 5.91 Å². The standard InChI is InChI=1S/C22H27N3O2S/c1-16(2)25-15-18(13-17(25)3)14-20-21(26)24(11-8-12-27-4)22(28-20)23-19-9-6-5-7-10-19/h5-7,9-10,13-16H,8,11-12H2,1-4H3/b20-14+,23-22?. The van der Waals surface area contributed by atoms with Gasteiger partial charge in [0.05, 0.1) is 10.6 Å². The van der Waals surface area contributed by atoms with E-state index < -0.39 is 0 Å². The van der Waals surface area contributed by atoms with E-state index in [0.717, 1.165) is 22.8 Å². The number of amidine groups is 1. The number of ether oxygens (including phenoxy) is 1. The van der Waals surface area contributed by atoms with E-state index in [2.05, 4.69) is 37.6 Å². The molecule has 0 N–H and O–H groups in total. The lowest BCUT2D eigenvalue weighted by Crippen LogP contribution is -2.30. The Hall–Kier alpha value is -2.31. The number of methoxy groups -OCH3 is 1. The van der Waals surface area contributed by atoms with Crippen LogP contribution in [0, 0.1) is 6.92 Å². The van der Waals surface area contributed by atoms with Crippen LogP contribution in [0.1, 0.15) is 37.6 Å². The largest absolute Gasteiger partial charge is 0.385 e. The molecule has 2 aromatic rings. The second-order valence-corrected chi connectivity index (χ2v) is 8.07. The zero-order chi connectivity index (χ0) is 20.1. The minimum atomic E-state index is 0.00531. The molecule has 1 amide bonds. The van der Waals surface area contributed by atoms with Gasteiger partial charge < -0.3 is 9.30 Å². The van der Waals surface area contributed by atoms with Crippen molar-refractivity contribution < 1.29 is 9.53 Å². The summed E-state index contributed by atoms with van der Waals surface area (Å²) in [5.41, 5.74) is 3.07. The highest BCUT2D eigenvalue weighted by molar-refractivity contribution is 8.18. The van der Waals surface area contributed by atoms with Gasteiger partial charge in [-0.05, 0) is 68.8 Å². The van der Waals surface area contributed by atoms with Crippen LogP contribution in [0.25, 0.3) is 6.08 Å². The highest BCUT2D eigenvalue weighted by Crippen LogP contribution is 2.34. The summed E-state index contributed by atoms with van der Waals surface area (Å²) in [4.78, 5) is 20.2. The van der Waals surface area contributed by atoms with Crippen LogP contribution in [-0.2, 0) is 9.53 Å². The normalized spacial score (nSPS) is 17.5. The maximum Gasteiger partial charge on any atom is 0.266 e. The predicted molar refractivity (Wildman–Crippen MR) is 117 cm³/mol. The highest BCUT2D eigenvalue weighted by atomic mass is 32.2. The van der Waals surface area contributed by atoms with E-state index >= 15 is 0 Å². The SMILES string of the molecule is COCCCN1C(=O)/C(=C\c2cc(C)n(C(C)C)c2)SC1=Nc1ccccc1. The Morgan fingerprint density at radius 2 is 2.00 bits per heavy atom. The van der Waals surface area contributed by atoms with Crippen LogP contribution >= 0.6 is 11.8 Å². The third kappa shape index (κ3) is 4.75. The predicted octanol–water partition coefficient (Wildman–Crippen LogP) is 5.02. The van der Waals surface area contributed by atoms with Crippen molar-refractivity contribution in [1.29, 1.82) is 0 Å². The number of aryl methyl sites for hydroxylation is 1. The summed E-state index contributed by atoms with van der Waals surface area (Å²) in [6.45, 7) is 7.60. The molecule has 1 aliphatic rings. The van der Waals surface area contributed by atoms with Gasteiger partial charge in [-0.3, -0.25) is 9.69 Å². The first-order valence-corrected chi connectivity index (χ1v) is 10.3. The van der Waals surface area contributed by atoms with Crippen molar-refractivity contribution in [3.63, 3.8) is 0 Å². The summed E-state index contributed by atoms with van der Waals surface area (Å²) in [6.07, 6.45) is 4.84. The van der Waals surface area contributed by atoms with Gasteiger partial charge in [-0.1, -0.05) is 18.2 Å². The molecule has 5 nitrogen and oxygen atoms in total. The Bertz CT molecular complexity index is 884. The number of carbonyl (C=O) groups is 1. The van der Waals surface area contributed by atoms with Crippen LogP contribution in [-0.4, -0.2) is 40.8 Å². The van der Waals surface area contributed by atoms with Crippen LogP contribution in [0.4, 0.5) is 5.69 Å². The van der Waals surface area contributed by atoms with Crippen molar-refractivity contribution in [2.75, 3.05) is 20.3 Å². The van der Waals surface area contributed by atoms with E-state index in [4.69, 9.17) is 9.73 Å². The molecule has 0 spiro atoms. The molecule has 1 aromatic carbocycles. The summed E-state index contributed by atoms with van der Waals surface area (Å²) in [5, 5.41) is 0.721. The average molecular weight is 398 g/mol. The van der Waals surface area contributed by atoms with Crippen molar-refractivity contribution in [3.8, 4) is 0 Å². The molecule has 2 heterocycles. The van der Waals surface area contributed by atoms with Crippen molar-refractivity contribution in [2.24, 2.45) is 4.99 Å². The molecule has 3 rings (SSSR count). The molecular formula is C22H27N3O2S. The molecule has 0 aliphatic carbocycles. The molecule has 1 aromatic heterocycles. The van der Waals surface area contributed by atoms with Crippen LogP contribution < -0.4 is 0 Å². The van der Waals surface area contributed by atoms with Crippen molar-refractivity contribution in [3.05, 3.63) is 58.8 Å². The fourth-order valence-corrected chi connectivity index (χ4v) is 4.20. The summed E-state index contributed by atoms with van der Waals surface area (Å²) >= 11 is 1.44. The monoisotopic (exact) mass is 397 g/mol. The highest BCUT2D eigenvalue weighted by Gasteiger charge is 2.33. The minimum Gasteiger partial charge on any atom is -0.385 e. The van der Waals surface area contributed by atoms with Crippen LogP contribution in [0.2, 0.25) is 0 Å². The molecule has 148 valence electrons. The number of carbonyl (C=O) groups excluding carboxylic acids is 1. The molecular weight excluding hydrogens is 370 g/mol. The second-order valence-electron chi connectivity index (χ2n) is 7.06. The Morgan fingerprint density at radius 1 is 1.25 bits per heavy atom. The zero-order valence-electron chi connectivity index (χ0n) is 16.9. The minimum absolute atomic E-state index is 0.00531. The molecule has 0 unspecified atom stereocenters. The summed E-state index contributed by atoms with van der Waals surface area (Å²) < 4.78 is 7.36. The number of hydrogen-bond donors (Lipinski definition) is 0. The fourth-order valence-electron chi connectivity index (χ4n) is 3.17. The van der Waals surface area contributed by atoms with E-state index in [-0.39, 0.29) is 5.91 Å². The van der Waals surface area contributed by atoms with Gasteiger partial charge in [-0.25, -0.2) is 4.99 Å². The number of thioether (sulfide) groups is 1. The maximum atomic E-state index is 13.0. The fraction of sp³-hybridized carbons (Fsp3) is 0.364. The molecule has 1 fully saturated rings. The third-order valence-corrected chi connectivity index (χ3v) is 5.53. The molecule has 28 heavy (non-hydrogen) atoms. The number of hydrogen-bond acceptors (Lipinski definition) is 4. The van der Waals surface area contributed by atoms with Gasteiger partial charge in [-0.2, -0.15) is 0 Å². The second kappa shape index (κ2) is 9.26. The first kappa shape index (κ1) is 20.4. The van der Waals surface area contributed by atoms with E-state index in [1.165, 1.54) is 17.5 Å². The number of para-hydroxylation sites is 1. The Morgan fingerprint density at radius 3 is 2.64 bits per heavy atom. The molecule has 1 saturated heterocycles. The molecule has 0 radical (unpaired) electrons. The first-order chi connectivity index (χ1) is 13.5. The van der Waals surface area contributed by atoms with Crippen LogP contribution in [0.3, 0.4) is 0 Å². The van der Waals surface area contributed by atoms with Gasteiger partial charge in [0, 0.05) is 38.2 Å². The third-order valence-electron chi connectivity index (χ3n) is 4.52. The molecule has 1 aliphatic heterocycles. The van der Waals surface area contributed by atoms with Crippen LogP contribution in [0.5, 0.6) is 0 Å². The van der Waals surface area contributed by atoms with E-state index in [0.29, 0.717) is 24.1 Å².